The second-order valence-corrected chi connectivity index (χ2v) is 4.33. The number of fused-ring (bicyclic) bond motifs is 1. The average Bonchev–Trinajstić information content (AvgIpc) is 2.79. The van der Waals surface area contributed by atoms with Crippen LogP contribution in [0.25, 0.3) is 22.9 Å². The first-order valence-electron chi connectivity index (χ1n) is 5.94. The van der Waals surface area contributed by atoms with E-state index >= 15 is 0 Å². The Morgan fingerprint density at radius 1 is 1.10 bits per heavy atom. The molecule has 2 N–H and O–H groups in total. The van der Waals surface area contributed by atoms with Crippen LogP contribution in [0.5, 0.6) is 0 Å². The molecule has 0 aliphatic heterocycles. The molecule has 3 aromatic rings. The first-order chi connectivity index (χ1) is 9.61. The molecule has 5 heteroatoms. The molecule has 0 spiro atoms. The fourth-order valence-corrected chi connectivity index (χ4v) is 1.96. The molecule has 20 heavy (non-hydrogen) atoms. The molecular weight excluding hydrogens is 262 g/mol. The van der Waals surface area contributed by atoms with E-state index in [9.17, 15) is 13.9 Å². The third-order valence-corrected chi connectivity index (χ3v) is 2.84. The summed E-state index contributed by atoms with van der Waals surface area (Å²) < 4.78 is 26.2. The van der Waals surface area contributed by atoms with Gasteiger partial charge in [-0.05, 0) is 24.3 Å². The van der Waals surface area contributed by atoms with Crippen molar-refractivity contribution in [2.24, 2.45) is 0 Å². The minimum absolute atomic E-state index is 0.0583. The van der Waals surface area contributed by atoms with Crippen LogP contribution in [0.3, 0.4) is 0 Å². The largest absolute Gasteiger partial charge is 0.507 e. The Kier molecular flexibility index (Phi) is 2.95. The first kappa shape index (κ1) is 12.3. The van der Waals surface area contributed by atoms with Gasteiger partial charge in [0.05, 0.1) is 11.0 Å². The first-order valence-corrected chi connectivity index (χ1v) is 5.94. The summed E-state index contributed by atoms with van der Waals surface area (Å²) in [4.78, 5) is 7.23. The smallest absolute Gasteiger partial charge is 0.134 e. The number of halogens is 2. The van der Waals surface area contributed by atoms with E-state index in [0.717, 1.165) is 29.2 Å². The van der Waals surface area contributed by atoms with Gasteiger partial charge in [0, 0.05) is 17.7 Å². The molecule has 0 amide bonds. The Morgan fingerprint density at radius 2 is 1.80 bits per heavy atom. The molecule has 0 aliphatic rings. The lowest BCUT2D eigenvalue weighted by Gasteiger charge is -2.00. The number of H-pyrrole nitrogens is 1. The van der Waals surface area contributed by atoms with Gasteiger partial charge in [0.2, 0.25) is 0 Å². The van der Waals surface area contributed by atoms with E-state index in [1.54, 1.807) is 0 Å². The molecule has 3 nitrogen and oxygen atoms in total. The molecule has 0 saturated carbocycles. The maximum absolute atomic E-state index is 13.1. The Labute approximate surface area is 113 Å². The number of nitrogens with one attached hydrogen (secondary N) is 1. The third-order valence-electron chi connectivity index (χ3n) is 2.84. The van der Waals surface area contributed by atoms with E-state index in [-0.39, 0.29) is 11.3 Å². The number of aromatic amines is 1. The van der Waals surface area contributed by atoms with Crippen LogP contribution in [0.15, 0.2) is 42.5 Å². The van der Waals surface area contributed by atoms with Gasteiger partial charge in [0.1, 0.15) is 23.2 Å². The number of imidazole rings is 1. The van der Waals surface area contributed by atoms with Gasteiger partial charge >= 0.3 is 0 Å². The zero-order chi connectivity index (χ0) is 14.1. The van der Waals surface area contributed by atoms with Crippen molar-refractivity contribution in [1.29, 1.82) is 0 Å². The Morgan fingerprint density at radius 3 is 2.50 bits per heavy atom. The SMILES string of the molecule is OC(=Cc1nc2ccccc2[nH]1)c1cc(F)cc(F)c1. The summed E-state index contributed by atoms with van der Waals surface area (Å²) in [6.07, 6.45) is 1.33. The number of nitrogens with zero attached hydrogens (tertiary/aromatic N) is 1. The molecule has 0 bridgehead atoms. The summed E-state index contributed by atoms with van der Waals surface area (Å²) in [7, 11) is 0. The van der Waals surface area contributed by atoms with Crippen molar-refractivity contribution in [3.8, 4) is 0 Å². The topological polar surface area (TPSA) is 48.9 Å². The molecule has 0 unspecified atom stereocenters. The highest BCUT2D eigenvalue weighted by atomic mass is 19.1. The van der Waals surface area contributed by atoms with Gasteiger partial charge in [-0.25, -0.2) is 13.8 Å². The number of aromatic nitrogens is 2. The second kappa shape index (κ2) is 4.77. The second-order valence-electron chi connectivity index (χ2n) is 4.33. The zero-order valence-electron chi connectivity index (χ0n) is 10.3. The van der Waals surface area contributed by atoms with Crippen LogP contribution in [0.4, 0.5) is 8.78 Å². The van der Waals surface area contributed by atoms with Crippen molar-refractivity contribution in [1.82, 2.24) is 9.97 Å². The fraction of sp³-hybridized carbons (Fsp3) is 0. The molecule has 0 atom stereocenters. The molecule has 0 fully saturated rings. The number of rotatable bonds is 2. The Hall–Kier alpha value is -2.69. The molecule has 0 radical (unpaired) electrons. The van der Waals surface area contributed by atoms with Gasteiger partial charge < -0.3 is 10.1 Å². The van der Waals surface area contributed by atoms with Crippen molar-refractivity contribution in [2.75, 3.05) is 0 Å². The number of aliphatic hydroxyl groups excluding tert-OH is 1. The number of hydrogen-bond acceptors (Lipinski definition) is 2. The van der Waals surface area contributed by atoms with Crippen LogP contribution in [-0.2, 0) is 0 Å². The predicted octanol–water partition coefficient (Wildman–Crippen LogP) is 3.90. The van der Waals surface area contributed by atoms with Gasteiger partial charge in [-0.3, -0.25) is 0 Å². The standard InChI is InChI=1S/C15H10F2N2O/c16-10-5-9(6-11(17)7-10)14(20)8-15-18-12-3-1-2-4-13(12)19-15/h1-8,20H,(H,18,19). The van der Waals surface area contributed by atoms with Gasteiger partial charge in [-0.15, -0.1) is 0 Å². The van der Waals surface area contributed by atoms with E-state index in [2.05, 4.69) is 9.97 Å². The van der Waals surface area contributed by atoms with Crippen LogP contribution in [0, 0.1) is 11.6 Å². The molecule has 2 aromatic carbocycles. The lowest BCUT2D eigenvalue weighted by atomic mass is 10.1. The maximum Gasteiger partial charge on any atom is 0.134 e. The van der Waals surface area contributed by atoms with E-state index in [1.165, 1.54) is 6.08 Å². The zero-order valence-corrected chi connectivity index (χ0v) is 10.3. The molecule has 100 valence electrons. The predicted molar refractivity (Wildman–Crippen MR) is 73.0 cm³/mol. The number of aliphatic hydroxyl groups is 1. The summed E-state index contributed by atoms with van der Waals surface area (Å²) >= 11 is 0. The molecule has 1 heterocycles. The quantitative estimate of drug-likeness (QED) is 0.695. The average molecular weight is 272 g/mol. The van der Waals surface area contributed by atoms with Crippen LogP contribution in [0.1, 0.15) is 11.4 Å². The van der Waals surface area contributed by atoms with Gasteiger partial charge in [-0.1, -0.05) is 12.1 Å². The summed E-state index contributed by atoms with van der Waals surface area (Å²) in [5.74, 6) is -1.34. The fourth-order valence-electron chi connectivity index (χ4n) is 1.96. The molecule has 0 saturated heterocycles. The van der Waals surface area contributed by atoms with Gasteiger partial charge in [-0.2, -0.15) is 0 Å². The summed E-state index contributed by atoms with van der Waals surface area (Å²) in [6, 6.07) is 10.2. The lowest BCUT2D eigenvalue weighted by molar-refractivity contribution is 0.511. The summed E-state index contributed by atoms with van der Waals surface area (Å²) in [5.41, 5.74) is 1.62. The molecule has 1 aromatic heterocycles. The highest BCUT2D eigenvalue weighted by Gasteiger charge is 2.06. The van der Waals surface area contributed by atoms with Crippen molar-refractivity contribution in [2.45, 2.75) is 0 Å². The number of benzene rings is 2. The highest BCUT2D eigenvalue weighted by Crippen LogP contribution is 2.18. The minimum Gasteiger partial charge on any atom is -0.507 e. The van der Waals surface area contributed by atoms with E-state index < -0.39 is 11.6 Å². The van der Waals surface area contributed by atoms with Crippen molar-refractivity contribution in [3.63, 3.8) is 0 Å². The monoisotopic (exact) mass is 272 g/mol. The molecular formula is C15H10F2N2O. The highest BCUT2D eigenvalue weighted by molar-refractivity contribution is 5.80. The lowest BCUT2D eigenvalue weighted by Crippen LogP contribution is -1.88. The molecule has 0 aliphatic carbocycles. The van der Waals surface area contributed by atoms with E-state index in [0.29, 0.717) is 5.82 Å². The van der Waals surface area contributed by atoms with Crippen molar-refractivity contribution >= 4 is 22.9 Å². The number of hydrogen-bond donors (Lipinski definition) is 2. The normalized spacial score (nSPS) is 12.0. The maximum atomic E-state index is 13.1. The Bertz CT molecular complexity index is 755. The number of para-hydroxylation sites is 2. The van der Waals surface area contributed by atoms with E-state index in [1.807, 2.05) is 24.3 Å². The van der Waals surface area contributed by atoms with Crippen molar-refractivity contribution < 1.29 is 13.9 Å². The third kappa shape index (κ3) is 2.38. The van der Waals surface area contributed by atoms with Crippen LogP contribution < -0.4 is 0 Å². The molecule has 3 rings (SSSR count). The Balaban J connectivity index is 2.01. The van der Waals surface area contributed by atoms with Gasteiger partial charge in [0.15, 0.2) is 0 Å². The minimum atomic E-state index is -0.746. The van der Waals surface area contributed by atoms with Crippen LogP contribution >= 0.6 is 0 Å². The summed E-state index contributed by atoms with van der Waals surface area (Å²) in [5, 5.41) is 9.92. The van der Waals surface area contributed by atoms with E-state index in [4.69, 9.17) is 0 Å². The summed E-state index contributed by atoms with van der Waals surface area (Å²) in [6.45, 7) is 0. The van der Waals surface area contributed by atoms with Crippen LogP contribution in [0.2, 0.25) is 0 Å². The van der Waals surface area contributed by atoms with Gasteiger partial charge in [0.25, 0.3) is 0 Å². The van der Waals surface area contributed by atoms with Crippen LogP contribution in [-0.4, -0.2) is 15.1 Å². The van der Waals surface area contributed by atoms with Crippen molar-refractivity contribution in [3.05, 3.63) is 65.5 Å².